The maximum Gasteiger partial charge on any atom is 0.226 e. The Kier molecular flexibility index (Phi) is 3.06. The highest BCUT2D eigenvalue weighted by Crippen LogP contribution is 2.18. The van der Waals surface area contributed by atoms with Gasteiger partial charge >= 0.3 is 0 Å². The molecule has 2 aromatic heterocycles. The molecule has 1 N–H and O–H groups in total. The number of hydrogen-bond acceptors (Lipinski definition) is 6. The molecule has 7 nitrogen and oxygen atoms in total. The van der Waals surface area contributed by atoms with Crippen LogP contribution in [0.3, 0.4) is 0 Å². The summed E-state index contributed by atoms with van der Waals surface area (Å²) in [6.45, 7) is 4.00. The molecule has 0 amide bonds. The fourth-order valence-electron chi connectivity index (χ4n) is 2.12. The van der Waals surface area contributed by atoms with E-state index in [1.54, 1.807) is 0 Å². The van der Waals surface area contributed by atoms with Crippen LogP contribution < -0.4 is 5.32 Å². The summed E-state index contributed by atoms with van der Waals surface area (Å²) in [6, 6.07) is 0.373. The van der Waals surface area contributed by atoms with E-state index in [1.165, 1.54) is 6.42 Å². The van der Waals surface area contributed by atoms with Crippen molar-refractivity contribution in [1.29, 1.82) is 0 Å². The largest absolute Gasteiger partial charge is 0.339 e. The number of aryl methyl sites for hydroxylation is 1. The van der Waals surface area contributed by atoms with Crippen molar-refractivity contribution in [2.75, 3.05) is 13.1 Å². The monoisotopic (exact) mass is 248 g/mol. The minimum Gasteiger partial charge on any atom is -0.339 e. The Balaban J connectivity index is 1.79. The van der Waals surface area contributed by atoms with Crippen LogP contribution in [-0.4, -0.2) is 38.2 Å². The van der Waals surface area contributed by atoms with Crippen molar-refractivity contribution in [3.8, 4) is 11.5 Å². The van der Waals surface area contributed by atoms with E-state index in [4.69, 9.17) is 4.52 Å². The predicted molar refractivity (Wildman–Crippen MR) is 63.8 cm³/mol. The average molecular weight is 248 g/mol. The van der Waals surface area contributed by atoms with Gasteiger partial charge in [-0.1, -0.05) is 17.3 Å². The van der Waals surface area contributed by atoms with E-state index < -0.39 is 0 Å². The number of piperidine rings is 1. The van der Waals surface area contributed by atoms with Gasteiger partial charge in [0, 0.05) is 13.0 Å². The Morgan fingerprint density at radius 2 is 2.50 bits per heavy atom. The zero-order chi connectivity index (χ0) is 12.4. The minimum absolute atomic E-state index is 0.373. The van der Waals surface area contributed by atoms with Crippen LogP contribution in [-0.2, 0) is 6.42 Å². The lowest BCUT2D eigenvalue weighted by Crippen LogP contribution is -2.31. The first-order valence-corrected chi connectivity index (χ1v) is 6.32. The lowest BCUT2D eigenvalue weighted by molar-refractivity contribution is 0.341. The highest BCUT2D eigenvalue weighted by molar-refractivity contribution is 5.45. The highest BCUT2D eigenvalue weighted by Gasteiger charge is 2.18. The molecular weight excluding hydrogens is 232 g/mol. The molecule has 0 saturated carbocycles. The SMILES string of the molecule is CCc1nc(-c2cn(C3CCCNC3)nn2)no1. The van der Waals surface area contributed by atoms with E-state index in [2.05, 4.69) is 25.8 Å². The van der Waals surface area contributed by atoms with Gasteiger partial charge in [-0.2, -0.15) is 4.98 Å². The zero-order valence-electron chi connectivity index (χ0n) is 10.3. The molecule has 96 valence electrons. The van der Waals surface area contributed by atoms with Gasteiger partial charge in [0.15, 0.2) is 5.69 Å². The molecule has 2 aromatic rings. The van der Waals surface area contributed by atoms with E-state index in [0.717, 1.165) is 25.9 Å². The second kappa shape index (κ2) is 4.85. The maximum absolute atomic E-state index is 5.07. The maximum atomic E-state index is 5.07. The van der Waals surface area contributed by atoms with Crippen molar-refractivity contribution < 1.29 is 4.52 Å². The van der Waals surface area contributed by atoms with Crippen LogP contribution in [0.1, 0.15) is 31.7 Å². The summed E-state index contributed by atoms with van der Waals surface area (Å²) < 4.78 is 6.96. The van der Waals surface area contributed by atoms with Crippen molar-refractivity contribution in [3.05, 3.63) is 12.1 Å². The van der Waals surface area contributed by atoms with Crippen molar-refractivity contribution >= 4 is 0 Å². The molecule has 0 spiro atoms. The average Bonchev–Trinajstić information content (AvgIpc) is 3.08. The summed E-state index contributed by atoms with van der Waals surface area (Å²) in [5.74, 6) is 1.14. The number of aromatic nitrogens is 5. The highest BCUT2D eigenvalue weighted by atomic mass is 16.5. The van der Waals surface area contributed by atoms with E-state index in [0.29, 0.717) is 23.5 Å². The first-order valence-electron chi connectivity index (χ1n) is 6.32. The van der Waals surface area contributed by atoms with Gasteiger partial charge in [-0.25, -0.2) is 4.68 Å². The third-order valence-electron chi connectivity index (χ3n) is 3.15. The molecule has 0 bridgehead atoms. The van der Waals surface area contributed by atoms with E-state index >= 15 is 0 Å². The summed E-state index contributed by atoms with van der Waals surface area (Å²) in [4.78, 5) is 4.25. The summed E-state index contributed by atoms with van der Waals surface area (Å²) in [7, 11) is 0. The van der Waals surface area contributed by atoms with E-state index in [9.17, 15) is 0 Å². The molecule has 1 aliphatic rings. The van der Waals surface area contributed by atoms with Gasteiger partial charge in [-0.15, -0.1) is 5.10 Å². The number of hydrogen-bond donors (Lipinski definition) is 1. The Hall–Kier alpha value is -1.76. The number of nitrogens with zero attached hydrogens (tertiary/aromatic N) is 5. The predicted octanol–water partition coefficient (Wildman–Crippen LogP) is 0.815. The van der Waals surface area contributed by atoms with Gasteiger partial charge in [0.1, 0.15) is 0 Å². The minimum atomic E-state index is 0.373. The van der Waals surface area contributed by atoms with Gasteiger partial charge in [0.25, 0.3) is 0 Å². The molecule has 0 aliphatic carbocycles. The molecule has 1 saturated heterocycles. The van der Waals surface area contributed by atoms with Crippen LogP contribution in [0.5, 0.6) is 0 Å². The topological polar surface area (TPSA) is 81.7 Å². The summed E-state index contributed by atoms with van der Waals surface area (Å²) >= 11 is 0. The summed E-state index contributed by atoms with van der Waals surface area (Å²) in [5.41, 5.74) is 0.670. The van der Waals surface area contributed by atoms with Crippen LogP contribution in [0.4, 0.5) is 0 Å². The van der Waals surface area contributed by atoms with E-state index in [-0.39, 0.29) is 0 Å². The molecule has 1 fully saturated rings. The molecule has 3 rings (SSSR count). The third-order valence-corrected chi connectivity index (χ3v) is 3.15. The molecule has 0 aromatic carbocycles. The van der Waals surface area contributed by atoms with E-state index in [1.807, 2.05) is 17.8 Å². The number of rotatable bonds is 3. The standard InChI is InChI=1S/C11H16N6O/c1-2-10-13-11(15-18-10)9-7-17(16-14-9)8-4-3-5-12-6-8/h7-8,12H,2-6H2,1H3. The molecule has 1 aliphatic heterocycles. The molecule has 7 heteroatoms. The quantitative estimate of drug-likeness (QED) is 0.865. The molecular formula is C11H16N6O. The lowest BCUT2D eigenvalue weighted by atomic mass is 10.1. The zero-order valence-corrected chi connectivity index (χ0v) is 10.3. The lowest BCUT2D eigenvalue weighted by Gasteiger charge is -2.22. The molecule has 1 atom stereocenters. The number of nitrogens with one attached hydrogen (secondary N) is 1. The second-order valence-corrected chi connectivity index (χ2v) is 4.45. The Morgan fingerprint density at radius 1 is 1.56 bits per heavy atom. The first-order chi connectivity index (χ1) is 8.86. The van der Waals surface area contributed by atoms with Crippen LogP contribution in [0, 0.1) is 0 Å². The van der Waals surface area contributed by atoms with Crippen molar-refractivity contribution in [3.63, 3.8) is 0 Å². The van der Waals surface area contributed by atoms with Crippen LogP contribution >= 0.6 is 0 Å². The molecule has 3 heterocycles. The van der Waals surface area contributed by atoms with Gasteiger partial charge in [0.05, 0.1) is 12.2 Å². The summed E-state index contributed by atoms with van der Waals surface area (Å²) in [6.07, 6.45) is 4.92. The van der Waals surface area contributed by atoms with Crippen LogP contribution in [0.2, 0.25) is 0 Å². The van der Waals surface area contributed by atoms with Crippen molar-refractivity contribution in [2.24, 2.45) is 0 Å². The van der Waals surface area contributed by atoms with Gasteiger partial charge in [-0.05, 0) is 19.4 Å². The van der Waals surface area contributed by atoms with Crippen molar-refractivity contribution in [1.82, 2.24) is 30.5 Å². The van der Waals surface area contributed by atoms with Crippen LogP contribution in [0.15, 0.2) is 10.7 Å². The molecule has 0 radical (unpaired) electrons. The Labute approximate surface area is 105 Å². The van der Waals surface area contributed by atoms with Gasteiger partial charge in [0.2, 0.25) is 11.7 Å². The summed E-state index contributed by atoms with van der Waals surface area (Å²) in [5, 5.41) is 15.5. The fourth-order valence-corrected chi connectivity index (χ4v) is 2.12. The normalized spacial score (nSPS) is 20.2. The Morgan fingerprint density at radius 3 is 3.22 bits per heavy atom. The van der Waals surface area contributed by atoms with Crippen molar-refractivity contribution in [2.45, 2.75) is 32.2 Å². The van der Waals surface area contributed by atoms with Crippen LogP contribution in [0.25, 0.3) is 11.5 Å². The molecule has 18 heavy (non-hydrogen) atoms. The van der Waals surface area contributed by atoms with Gasteiger partial charge in [-0.3, -0.25) is 0 Å². The second-order valence-electron chi connectivity index (χ2n) is 4.45. The Bertz CT molecular complexity index is 513. The molecule has 1 unspecified atom stereocenters. The van der Waals surface area contributed by atoms with Gasteiger partial charge < -0.3 is 9.84 Å². The first kappa shape index (κ1) is 11.3. The fraction of sp³-hybridized carbons (Fsp3) is 0.636. The third kappa shape index (κ3) is 2.13. The smallest absolute Gasteiger partial charge is 0.226 e.